The van der Waals surface area contributed by atoms with Gasteiger partial charge in [0.15, 0.2) is 0 Å². The zero-order valence-corrected chi connectivity index (χ0v) is 8.69. The molecule has 1 atom stereocenters. The summed E-state index contributed by atoms with van der Waals surface area (Å²) in [4.78, 5) is 12.1. The SMILES string of the molecule is O=C(O)N1CCNC(c2ccccc2F)C1. The van der Waals surface area contributed by atoms with Crippen LogP contribution in [0.1, 0.15) is 11.6 Å². The van der Waals surface area contributed by atoms with Crippen LogP contribution in [0.25, 0.3) is 0 Å². The summed E-state index contributed by atoms with van der Waals surface area (Å²) in [5.74, 6) is -0.299. The molecule has 0 spiro atoms. The van der Waals surface area contributed by atoms with Crippen molar-refractivity contribution in [2.24, 2.45) is 0 Å². The summed E-state index contributed by atoms with van der Waals surface area (Å²) >= 11 is 0. The number of benzene rings is 1. The number of carbonyl (C=O) groups is 1. The molecule has 1 fully saturated rings. The first kappa shape index (κ1) is 10.9. The fourth-order valence-corrected chi connectivity index (χ4v) is 1.89. The highest BCUT2D eigenvalue weighted by atomic mass is 19.1. The number of nitrogens with one attached hydrogen (secondary N) is 1. The maximum atomic E-state index is 13.5. The predicted molar refractivity (Wildman–Crippen MR) is 56.7 cm³/mol. The second-order valence-electron chi connectivity index (χ2n) is 3.76. The molecule has 1 heterocycles. The van der Waals surface area contributed by atoms with E-state index in [1.54, 1.807) is 18.2 Å². The van der Waals surface area contributed by atoms with Crippen LogP contribution in [-0.4, -0.2) is 35.7 Å². The van der Waals surface area contributed by atoms with Gasteiger partial charge in [-0.2, -0.15) is 0 Å². The third-order valence-electron chi connectivity index (χ3n) is 2.73. The molecular formula is C11H13FN2O2. The van der Waals surface area contributed by atoms with Gasteiger partial charge in [-0.25, -0.2) is 9.18 Å². The van der Waals surface area contributed by atoms with Crippen LogP contribution in [0, 0.1) is 5.82 Å². The molecule has 0 radical (unpaired) electrons. The molecule has 1 amide bonds. The molecule has 16 heavy (non-hydrogen) atoms. The number of hydrogen-bond acceptors (Lipinski definition) is 2. The highest BCUT2D eigenvalue weighted by Crippen LogP contribution is 2.19. The van der Waals surface area contributed by atoms with E-state index in [9.17, 15) is 9.18 Å². The van der Waals surface area contributed by atoms with Gasteiger partial charge in [0.25, 0.3) is 0 Å². The van der Waals surface area contributed by atoms with E-state index in [1.165, 1.54) is 11.0 Å². The molecule has 1 unspecified atom stereocenters. The molecule has 0 aliphatic carbocycles. The van der Waals surface area contributed by atoms with Gasteiger partial charge in [-0.05, 0) is 6.07 Å². The lowest BCUT2D eigenvalue weighted by Gasteiger charge is -2.32. The maximum absolute atomic E-state index is 13.5. The van der Waals surface area contributed by atoms with Gasteiger partial charge in [-0.3, -0.25) is 0 Å². The molecule has 86 valence electrons. The lowest BCUT2D eigenvalue weighted by Crippen LogP contribution is -2.48. The Bertz CT molecular complexity index is 397. The van der Waals surface area contributed by atoms with Gasteiger partial charge in [0.05, 0.1) is 6.04 Å². The third kappa shape index (κ3) is 2.14. The second kappa shape index (κ2) is 4.49. The van der Waals surface area contributed by atoms with E-state index in [1.807, 2.05) is 0 Å². The fourth-order valence-electron chi connectivity index (χ4n) is 1.89. The summed E-state index contributed by atoms with van der Waals surface area (Å²) < 4.78 is 13.5. The highest BCUT2D eigenvalue weighted by molar-refractivity contribution is 5.65. The van der Waals surface area contributed by atoms with E-state index >= 15 is 0 Å². The molecule has 1 saturated heterocycles. The van der Waals surface area contributed by atoms with Crippen molar-refractivity contribution >= 4 is 6.09 Å². The number of nitrogens with zero attached hydrogens (tertiary/aromatic N) is 1. The van der Waals surface area contributed by atoms with Crippen molar-refractivity contribution in [1.82, 2.24) is 10.2 Å². The minimum absolute atomic E-state index is 0.258. The smallest absolute Gasteiger partial charge is 0.407 e. The largest absolute Gasteiger partial charge is 0.465 e. The average Bonchev–Trinajstić information content (AvgIpc) is 2.30. The Hall–Kier alpha value is -1.62. The summed E-state index contributed by atoms with van der Waals surface area (Å²) in [6.07, 6.45) is -0.956. The first-order valence-corrected chi connectivity index (χ1v) is 5.14. The van der Waals surface area contributed by atoms with Gasteiger partial charge >= 0.3 is 6.09 Å². The van der Waals surface area contributed by atoms with Crippen molar-refractivity contribution in [3.05, 3.63) is 35.6 Å². The number of amides is 1. The molecule has 0 saturated carbocycles. The number of halogens is 1. The van der Waals surface area contributed by atoms with Crippen LogP contribution >= 0.6 is 0 Å². The summed E-state index contributed by atoms with van der Waals surface area (Å²) in [5, 5.41) is 12.0. The average molecular weight is 224 g/mol. The molecule has 2 N–H and O–H groups in total. The molecule has 0 aromatic heterocycles. The van der Waals surface area contributed by atoms with Crippen molar-refractivity contribution in [3.63, 3.8) is 0 Å². The van der Waals surface area contributed by atoms with Gasteiger partial charge in [-0.15, -0.1) is 0 Å². The van der Waals surface area contributed by atoms with Crippen LogP contribution in [0.2, 0.25) is 0 Å². The van der Waals surface area contributed by atoms with Crippen molar-refractivity contribution in [3.8, 4) is 0 Å². The van der Waals surface area contributed by atoms with Crippen molar-refractivity contribution in [2.45, 2.75) is 6.04 Å². The van der Waals surface area contributed by atoms with Gasteiger partial charge < -0.3 is 15.3 Å². The summed E-state index contributed by atoms with van der Waals surface area (Å²) in [6.45, 7) is 1.28. The van der Waals surface area contributed by atoms with Crippen LogP contribution in [0.5, 0.6) is 0 Å². The molecule has 1 aliphatic heterocycles. The van der Waals surface area contributed by atoms with Crippen LogP contribution in [0.15, 0.2) is 24.3 Å². The monoisotopic (exact) mass is 224 g/mol. The molecular weight excluding hydrogens is 211 g/mol. The zero-order valence-electron chi connectivity index (χ0n) is 8.69. The number of carboxylic acid groups (broad SMARTS) is 1. The van der Waals surface area contributed by atoms with Gasteiger partial charge in [0, 0.05) is 25.2 Å². The molecule has 1 aromatic rings. The lowest BCUT2D eigenvalue weighted by molar-refractivity contribution is 0.128. The fraction of sp³-hybridized carbons (Fsp3) is 0.364. The Morgan fingerprint density at radius 2 is 2.25 bits per heavy atom. The Morgan fingerprint density at radius 1 is 1.50 bits per heavy atom. The van der Waals surface area contributed by atoms with Crippen LogP contribution in [-0.2, 0) is 0 Å². The maximum Gasteiger partial charge on any atom is 0.407 e. The summed E-state index contributed by atoms with van der Waals surface area (Å²) in [7, 11) is 0. The quantitative estimate of drug-likeness (QED) is 0.759. The normalized spacial score (nSPS) is 20.8. The second-order valence-corrected chi connectivity index (χ2v) is 3.76. The first-order valence-electron chi connectivity index (χ1n) is 5.14. The predicted octanol–water partition coefficient (Wildman–Crippen LogP) is 1.45. The third-order valence-corrected chi connectivity index (χ3v) is 2.73. The van der Waals surface area contributed by atoms with Crippen LogP contribution in [0.3, 0.4) is 0 Å². The lowest BCUT2D eigenvalue weighted by atomic mass is 10.0. The molecule has 2 rings (SSSR count). The van der Waals surface area contributed by atoms with E-state index < -0.39 is 6.09 Å². The van der Waals surface area contributed by atoms with Crippen molar-refractivity contribution in [2.75, 3.05) is 19.6 Å². The molecule has 0 bridgehead atoms. The standard InChI is InChI=1S/C11H13FN2O2/c12-9-4-2-1-3-8(9)10-7-14(11(15)16)6-5-13-10/h1-4,10,13H,5-7H2,(H,15,16). The van der Waals surface area contributed by atoms with E-state index in [-0.39, 0.29) is 18.4 Å². The molecule has 4 nitrogen and oxygen atoms in total. The first-order chi connectivity index (χ1) is 7.68. The van der Waals surface area contributed by atoms with Crippen molar-refractivity contribution in [1.29, 1.82) is 0 Å². The molecule has 1 aromatic carbocycles. The van der Waals surface area contributed by atoms with Gasteiger partial charge in [-0.1, -0.05) is 18.2 Å². The zero-order chi connectivity index (χ0) is 11.5. The topological polar surface area (TPSA) is 52.6 Å². The Labute approximate surface area is 92.7 Å². The Kier molecular flexibility index (Phi) is 3.05. The van der Waals surface area contributed by atoms with Crippen LogP contribution < -0.4 is 5.32 Å². The minimum Gasteiger partial charge on any atom is -0.465 e. The number of rotatable bonds is 1. The molecule has 5 heteroatoms. The Balaban J connectivity index is 2.16. The van der Waals surface area contributed by atoms with E-state index in [0.717, 1.165) is 0 Å². The summed E-state index contributed by atoms with van der Waals surface area (Å²) in [5.41, 5.74) is 0.522. The Morgan fingerprint density at radius 3 is 2.94 bits per heavy atom. The highest BCUT2D eigenvalue weighted by Gasteiger charge is 2.25. The summed E-state index contributed by atoms with van der Waals surface area (Å²) in [6, 6.07) is 6.18. The van der Waals surface area contributed by atoms with E-state index in [4.69, 9.17) is 5.11 Å². The number of piperazine rings is 1. The minimum atomic E-state index is -0.956. The van der Waals surface area contributed by atoms with E-state index in [0.29, 0.717) is 18.7 Å². The van der Waals surface area contributed by atoms with E-state index in [2.05, 4.69) is 5.32 Å². The number of hydrogen-bond donors (Lipinski definition) is 2. The van der Waals surface area contributed by atoms with Crippen LogP contribution in [0.4, 0.5) is 9.18 Å². The molecule has 1 aliphatic rings. The van der Waals surface area contributed by atoms with Gasteiger partial charge in [0.1, 0.15) is 5.82 Å². The van der Waals surface area contributed by atoms with Gasteiger partial charge in [0.2, 0.25) is 0 Å². The van der Waals surface area contributed by atoms with Crippen molar-refractivity contribution < 1.29 is 14.3 Å².